The maximum atomic E-state index is 12.1. The van der Waals surface area contributed by atoms with Crippen molar-refractivity contribution < 1.29 is 14.6 Å². The Morgan fingerprint density at radius 3 is 2.65 bits per heavy atom. The number of aromatic amines is 2. The summed E-state index contributed by atoms with van der Waals surface area (Å²) >= 11 is 0. The van der Waals surface area contributed by atoms with E-state index in [4.69, 9.17) is 5.11 Å². The van der Waals surface area contributed by atoms with Crippen LogP contribution in [0.15, 0.2) is 14.4 Å². The van der Waals surface area contributed by atoms with Gasteiger partial charge in [-0.2, -0.15) is 0 Å². The van der Waals surface area contributed by atoms with E-state index in [1.165, 1.54) is 0 Å². The first kappa shape index (κ1) is 13.7. The van der Waals surface area contributed by atoms with Crippen molar-refractivity contribution >= 4 is 17.1 Å². The van der Waals surface area contributed by atoms with Crippen molar-refractivity contribution in [2.24, 2.45) is 0 Å². The van der Waals surface area contributed by atoms with Gasteiger partial charge in [-0.25, -0.2) is 14.6 Å². The highest BCUT2D eigenvalue weighted by molar-refractivity contribution is 5.88. The normalized spacial score (nSPS) is 10.7. The molecule has 20 heavy (non-hydrogen) atoms. The van der Waals surface area contributed by atoms with Gasteiger partial charge in [0.25, 0.3) is 11.1 Å². The quantitative estimate of drug-likeness (QED) is 0.529. The summed E-state index contributed by atoms with van der Waals surface area (Å²) in [4.78, 5) is 54.2. The van der Waals surface area contributed by atoms with Crippen LogP contribution in [0.25, 0.3) is 11.2 Å². The number of rotatable bonds is 3. The zero-order chi connectivity index (χ0) is 14.9. The predicted octanol–water partition coefficient (Wildman–Crippen LogP) is -2.45. The van der Waals surface area contributed by atoms with Crippen molar-refractivity contribution in [3.05, 3.63) is 36.9 Å². The number of H-pyrrole nitrogens is 2. The van der Waals surface area contributed by atoms with Gasteiger partial charge >= 0.3 is 11.7 Å². The number of aromatic nitrogens is 4. The fourth-order valence-electron chi connectivity index (χ4n) is 1.70. The van der Waals surface area contributed by atoms with E-state index in [-0.39, 0.29) is 17.7 Å². The summed E-state index contributed by atoms with van der Waals surface area (Å²) in [5.41, 5.74) is -3.66. The van der Waals surface area contributed by atoms with Crippen LogP contribution < -0.4 is 16.8 Å². The molecule has 0 aliphatic carbocycles. The number of nitrogens with one attached hydrogen (secondary N) is 2. The van der Waals surface area contributed by atoms with Crippen molar-refractivity contribution in [3.63, 3.8) is 0 Å². The monoisotopic (exact) mass is 282 g/mol. The lowest BCUT2D eigenvalue weighted by Crippen LogP contribution is -2.34. The minimum absolute atomic E-state index is 0.176. The number of hydrogen-bond acceptors (Lipinski definition) is 7. The van der Waals surface area contributed by atoms with Crippen LogP contribution in [0.2, 0.25) is 0 Å². The Kier molecular flexibility index (Phi) is 3.48. The van der Waals surface area contributed by atoms with Crippen molar-refractivity contribution in [2.45, 2.75) is 6.54 Å². The van der Waals surface area contributed by atoms with Gasteiger partial charge in [-0.1, -0.05) is 0 Å². The van der Waals surface area contributed by atoms with E-state index in [1.807, 2.05) is 4.98 Å². The molecule has 0 bridgehead atoms. The molecule has 0 spiro atoms. The highest BCUT2D eigenvalue weighted by atomic mass is 16.5. The second-order valence-electron chi connectivity index (χ2n) is 3.74. The van der Waals surface area contributed by atoms with E-state index < -0.39 is 35.1 Å². The van der Waals surface area contributed by atoms with E-state index in [2.05, 4.69) is 14.7 Å². The molecule has 0 atom stereocenters. The summed E-state index contributed by atoms with van der Waals surface area (Å²) < 4.78 is 5.28. The highest BCUT2D eigenvalue weighted by Gasteiger charge is 2.19. The minimum Gasteiger partial charge on any atom is -0.464 e. The highest BCUT2D eigenvalue weighted by Crippen LogP contribution is 2.01. The first-order chi connectivity index (χ1) is 9.49. The summed E-state index contributed by atoms with van der Waals surface area (Å²) in [7, 11) is 1.06. The number of methoxy groups -OCH3 is 1. The van der Waals surface area contributed by atoms with Crippen LogP contribution in [0.3, 0.4) is 0 Å². The molecular formula is C10H10N4O6. The maximum absolute atomic E-state index is 12.1. The third-order valence-electron chi connectivity index (χ3n) is 2.54. The Balaban J connectivity index is 2.98. The lowest BCUT2D eigenvalue weighted by Gasteiger charge is -2.08. The maximum Gasteiger partial charge on any atom is 0.362 e. The van der Waals surface area contributed by atoms with Gasteiger partial charge in [0.05, 0.1) is 20.3 Å². The number of carbonyl (C=O) groups is 1. The van der Waals surface area contributed by atoms with Crippen molar-refractivity contribution in [3.8, 4) is 0 Å². The van der Waals surface area contributed by atoms with Gasteiger partial charge in [0.1, 0.15) is 5.65 Å². The molecule has 10 nitrogen and oxygen atoms in total. The summed E-state index contributed by atoms with van der Waals surface area (Å²) in [6, 6.07) is 0. The van der Waals surface area contributed by atoms with E-state index >= 15 is 0 Å². The molecule has 0 amide bonds. The van der Waals surface area contributed by atoms with Gasteiger partial charge in [0.15, 0.2) is 5.52 Å². The zero-order valence-electron chi connectivity index (χ0n) is 10.3. The smallest absolute Gasteiger partial charge is 0.362 e. The Morgan fingerprint density at radius 2 is 2.05 bits per heavy atom. The zero-order valence-corrected chi connectivity index (χ0v) is 10.3. The molecule has 0 fully saturated rings. The molecule has 3 N–H and O–H groups in total. The number of fused-ring (bicyclic) bond motifs is 1. The molecule has 0 saturated heterocycles. The molecule has 2 heterocycles. The Morgan fingerprint density at radius 1 is 1.35 bits per heavy atom. The molecule has 106 valence electrons. The van der Waals surface area contributed by atoms with Crippen molar-refractivity contribution in [1.29, 1.82) is 0 Å². The fraction of sp³-hybridized carbons (Fsp3) is 0.300. The summed E-state index contributed by atoms with van der Waals surface area (Å²) in [6.45, 7) is -0.657. The lowest BCUT2D eigenvalue weighted by atomic mass is 10.4. The largest absolute Gasteiger partial charge is 0.464 e. The summed E-state index contributed by atoms with van der Waals surface area (Å²) in [5.74, 6) is -1.02. The Labute approximate surface area is 109 Å². The molecule has 0 aliphatic rings. The number of nitrogens with zero attached hydrogens (tertiary/aromatic N) is 2. The molecule has 0 unspecified atom stereocenters. The van der Waals surface area contributed by atoms with Gasteiger partial charge in [-0.3, -0.25) is 24.1 Å². The molecule has 0 aromatic carbocycles. The molecule has 2 aromatic rings. The first-order valence-electron chi connectivity index (χ1n) is 5.46. The van der Waals surface area contributed by atoms with Crippen LogP contribution in [-0.2, 0) is 11.3 Å². The number of carbonyl (C=O) groups excluding carboxylic acids is 1. The number of aliphatic hydroxyl groups is 1. The van der Waals surface area contributed by atoms with E-state index in [0.717, 1.165) is 11.7 Å². The van der Waals surface area contributed by atoms with Gasteiger partial charge in [-0.05, 0) is 0 Å². The average Bonchev–Trinajstić information content (AvgIpc) is 2.41. The van der Waals surface area contributed by atoms with Crippen LogP contribution in [0.4, 0.5) is 0 Å². The van der Waals surface area contributed by atoms with Gasteiger partial charge < -0.3 is 9.84 Å². The molecule has 10 heteroatoms. The third-order valence-corrected chi connectivity index (χ3v) is 2.54. The second kappa shape index (κ2) is 5.09. The van der Waals surface area contributed by atoms with Crippen LogP contribution >= 0.6 is 0 Å². The van der Waals surface area contributed by atoms with Crippen LogP contribution in [0.1, 0.15) is 10.5 Å². The van der Waals surface area contributed by atoms with Gasteiger partial charge in [-0.15, -0.1) is 0 Å². The number of ether oxygens (including phenoxy) is 1. The average molecular weight is 282 g/mol. The fourth-order valence-corrected chi connectivity index (χ4v) is 1.70. The van der Waals surface area contributed by atoms with Crippen LogP contribution in [-0.4, -0.2) is 44.3 Å². The number of hydrogen-bond donors (Lipinski definition) is 3. The lowest BCUT2D eigenvalue weighted by molar-refractivity contribution is 0.0591. The molecule has 2 rings (SSSR count). The molecule has 0 saturated carbocycles. The third kappa shape index (κ3) is 2.12. The molecular weight excluding hydrogens is 272 g/mol. The Bertz CT molecular complexity index is 845. The van der Waals surface area contributed by atoms with Crippen LogP contribution in [0.5, 0.6) is 0 Å². The first-order valence-corrected chi connectivity index (χ1v) is 5.46. The SMILES string of the molecule is COC(=O)c1nc2c(=O)[nH]c(=O)[nH]c2n(CCO)c1=O. The van der Waals surface area contributed by atoms with Crippen molar-refractivity contribution in [2.75, 3.05) is 13.7 Å². The molecule has 0 radical (unpaired) electrons. The van der Waals surface area contributed by atoms with E-state index in [9.17, 15) is 19.2 Å². The van der Waals surface area contributed by atoms with E-state index in [1.54, 1.807) is 0 Å². The topological polar surface area (TPSA) is 147 Å². The van der Waals surface area contributed by atoms with Crippen molar-refractivity contribution in [1.82, 2.24) is 19.5 Å². The second-order valence-corrected chi connectivity index (χ2v) is 3.74. The van der Waals surface area contributed by atoms with Gasteiger partial charge in [0, 0.05) is 0 Å². The van der Waals surface area contributed by atoms with Gasteiger partial charge in [0.2, 0.25) is 5.69 Å². The van der Waals surface area contributed by atoms with E-state index in [0.29, 0.717) is 0 Å². The standard InChI is InChI=1S/C10H10N4O6/c1-20-9(18)5-8(17)14(2-3-15)6-4(11-5)7(16)13-10(19)12-6/h15H,2-3H2,1H3,(H2,12,13,16,19). The number of aliphatic hydroxyl groups excluding tert-OH is 1. The Hall–Kier alpha value is -2.75. The summed E-state index contributed by atoms with van der Waals surface area (Å²) in [6.07, 6.45) is 0. The summed E-state index contributed by atoms with van der Waals surface area (Å²) in [5, 5.41) is 8.95. The predicted molar refractivity (Wildman–Crippen MR) is 65.7 cm³/mol. The number of esters is 1. The molecule has 0 aliphatic heterocycles. The minimum atomic E-state index is -1.02. The molecule has 2 aromatic heterocycles. The van der Waals surface area contributed by atoms with Crippen LogP contribution in [0, 0.1) is 0 Å².